The minimum absolute atomic E-state index is 0. The normalized spacial score (nSPS) is 7.57. The quantitative estimate of drug-likeness (QED) is 0.480. The van der Waals surface area contributed by atoms with Crippen molar-refractivity contribution >= 4 is 12.8 Å². The number of nitrogens with zero attached hydrogens (tertiary/aromatic N) is 3. The fourth-order valence-electron chi connectivity index (χ4n) is 0.202. The molecule has 1 aromatic heterocycles. The number of hydrogen-bond donors (Lipinski definition) is 1. The zero-order valence-corrected chi connectivity index (χ0v) is 5.62. The van der Waals surface area contributed by atoms with Crippen molar-refractivity contribution in [3.63, 3.8) is 0 Å². The molecule has 0 aliphatic rings. The molecule has 3 nitrogen and oxygen atoms in total. The summed E-state index contributed by atoms with van der Waals surface area (Å²) in [5.74, 6) is 0. The molecular weight excluding hydrogens is 206 g/mol. The third kappa shape index (κ3) is 2.13. The first-order valence-corrected chi connectivity index (χ1v) is 1.85. The fraction of sp³-hybridized carbons (Fsp3) is 0. The maximum Gasteiger partial charge on any atom is 1.00 e. The van der Waals surface area contributed by atoms with E-state index in [-0.39, 0.29) is 22.4 Å². The molecule has 0 aliphatic heterocycles. The number of thiol groups is 1. The molecule has 0 unspecified atom stereocenters. The second-order valence-electron chi connectivity index (χ2n) is 0.823. The molecule has 1 rings (SSSR count). The zero-order valence-electron chi connectivity index (χ0n) is 3.25. The second kappa shape index (κ2) is 3.26. The SMILES string of the molecule is Sn1ccnn1.[Ag+]. The van der Waals surface area contributed by atoms with Crippen molar-refractivity contribution in [3.8, 4) is 0 Å². The van der Waals surface area contributed by atoms with Crippen LogP contribution in [-0.2, 0) is 22.4 Å². The molecule has 7 heavy (non-hydrogen) atoms. The Morgan fingerprint density at radius 1 is 1.57 bits per heavy atom. The van der Waals surface area contributed by atoms with E-state index in [2.05, 4.69) is 23.1 Å². The molecule has 1 aromatic rings. The van der Waals surface area contributed by atoms with Crippen molar-refractivity contribution in [2.24, 2.45) is 0 Å². The summed E-state index contributed by atoms with van der Waals surface area (Å²) in [5, 5.41) is 6.91. The maximum atomic E-state index is 3.78. The van der Waals surface area contributed by atoms with Crippen LogP contribution in [0.3, 0.4) is 0 Å². The fourth-order valence-corrected chi connectivity index (χ4v) is 0.308. The third-order valence-corrected chi connectivity index (χ3v) is 0.623. The largest absolute Gasteiger partial charge is 1.00 e. The Hall–Kier alpha value is 0.230. The molecule has 0 N–H and O–H groups in total. The molecule has 0 saturated carbocycles. The van der Waals surface area contributed by atoms with Crippen molar-refractivity contribution in [1.82, 2.24) is 14.4 Å². The van der Waals surface area contributed by atoms with Crippen LogP contribution >= 0.6 is 12.8 Å². The van der Waals surface area contributed by atoms with Gasteiger partial charge in [0.1, 0.15) is 0 Å². The van der Waals surface area contributed by atoms with E-state index in [1.165, 1.54) is 4.09 Å². The zero-order chi connectivity index (χ0) is 4.41. The van der Waals surface area contributed by atoms with Gasteiger partial charge in [-0.2, -0.15) is 4.09 Å². The minimum atomic E-state index is 0. The van der Waals surface area contributed by atoms with Gasteiger partial charge in [-0.05, 0) is 12.8 Å². The van der Waals surface area contributed by atoms with Crippen molar-refractivity contribution in [1.29, 1.82) is 0 Å². The number of hydrogen-bond acceptors (Lipinski definition) is 3. The van der Waals surface area contributed by atoms with Crippen molar-refractivity contribution < 1.29 is 22.4 Å². The van der Waals surface area contributed by atoms with E-state index in [1.807, 2.05) is 0 Å². The van der Waals surface area contributed by atoms with E-state index in [0.717, 1.165) is 0 Å². The summed E-state index contributed by atoms with van der Waals surface area (Å²) in [6, 6.07) is 0. The summed E-state index contributed by atoms with van der Waals surface area (Å²) in [6.45, 7) is 0. The Labute approximate surface area is 62.2 Å². The molecule has 42 valence electrons. The summed E-state index contributed by atoms with van der Waals surface area (Å²) in [4.78, 5) is 0. The third-order valence-electron chi connectivity index (χ3n) is 0.410. The monoisotopic (exact) mass is 208 g/mol. The molecular formula is C2H3AgN3S+. The molecule has 0 atom stereocenters. The van der Waals surface area contributed by atoms with Gasteiger partial charge < -0.3 is 0 Å². The smallest absolute Gasteiger partial charge is 0.197 e. The predicted octanol–water partition coefficient (Wildman–Crippen LogP) is -0.0315. The van der Waals surface area contributed by atoms with Crippen LogP contribution in [-0.4, -0.2) is 14.4 Å². The summed E-state index contributed by atoms with van der Waals surface area (Å²) in [5.41, 5.74) is 0. The van der Waals surface area contributed by atoms with Crippen molar-refractivity contribution in [3.05, 3.63) is 12.4 Å². The van der Waals surface area contributed by atoms with Gasteiger partial charge in [-0.1, -0.05) is 5.21 Å². The Bertz CT molecular complexity index is 116. The Kier molecular flexibility index (Phi) is 3.37. The van der Waals surface area contributed by atoms with Gasteiger partial charge in [0.25, 0.3) is 0 Å². The summed E-state index contributed by atoms with van der Waals surface area (Å²) in [6.07, 6.45) is 3.20. The molecule has 0 fully saturated rings. The number of aromatic nitrogens is 3. The Morgan fingerprint density at radius 3 is 2.43 bits per heavy atom. The first-order valence-electron chi connectivity index (χ1n) is 1.45. The van der Waals surface area contributed by atoms with Gasteiger partial charge in [-0.25, -0.2) is 0 Å². The van der Waals surface area contributed by atoms with Crippen LogP contribution in [0.15, 0.2) is 12.4 Å². The van der Waals surface area contributed by atoms with Crippen LogP contribution in [0.5, 0.6) is 0 Å². The van der Waals surface area contributed by atoms with Crippen LogP contribution in [0.4, 0.5) is 0 Å². The van der Waals surface area contributed by atoms with Gasteiger partial charge >= 0.3 is 22.4 Å². The van der Waals surface area contributed by atoms with Crippen LogP contribution in [0, 0.1) is 0 Å². The van der Waals surface area contributed by atoms with E-state index in [1.54, 1.807) is 12.4 Å². The van der Waals surface area contributed by atoms with Crippen molar-refractivity contribution in [2.45, 2.75) is 0 Å². The standard InChI is InChI=1S/C2H3N3S.Ag/c6-5-2-1-3-4-5;/h1-2,6H;/q;+1. The van der Waals surface area contributed by atoms with Gasteiger partial charge in [0, 0.05) is 0 Å². The summed E-state index contributed by atoms with van der Waals surface area (Å²) in [7, 11) is 0. The van der Waals surface area contributed by atoms with Gasteiger partial charge in [0.05, 0.1) is 12.4 Å². The topological polar surface area (TPSA) is 30.7 Å². The van der Waals surface area contributed by atoms with Crippen molar-refractivity contribution in [2.75, 3.05) is 0 Å². The Morgan fingerprint density at radius 2 is 2.29 bits per heavy atom. The van der Waals surface area contributed by atoms with E-state index in [9.17, 15) is 0 Å². The molecule has 0 saturated heterocycles. The van der Waals surface area contributed by atoms with Gasteiger partial charge in [-0.15, -0.1) is 5.10 Å². The van der Waals surface area contributed by atoms with Gasteiger partial charge in [0.2, 0.25) is 0 Å². The predicted molar refractivity (Wildman–Crippen MR) is 24.4 cm³/mol. The molecule has 1 heterocycles. The molecule has 0 aromatic carbocycles. The minimum Gasteiger partial charge on any atom is -0.197 e. The number of rotatable bonds is 0. The molecule has 0 aliphatic carbocycles. The van der Waals surface area contributed by atoms with E-state index in [4.69, 9.17) is 0 Å². The molecule has 0 spiro atoms. The van der Waals surface area contributed by atoms with Crippen LogP contribution < -0.4 is 0 Å². The van der Waals surface area contributed by atoms with E-state index < -0.39 is 0 Å². The maximum absolute atomic E-state index is 3.78. The Balaban J connectivity index is 0.000000360. The van der Waals surface area contributed by atoms with Gasteiger partial charge in [0.15, 0.2) is 0 Å². The first kappa shape index (κ1) is 7.23. The molecule has 0 radical (unpaired) electrons. The van der Waals surface area contributed by atoms with E-state index >= 15 is 0 Å². The second-order valence-corrected chi connectivity index (χ2v) is 1.23. The van der Waals surface area contributed by atoms with Crippen LogP contribution in [0.1, 0.15) is 0 Å². The summed E-state index contributed by atoms with van der Waals surface area (Å²) < 4.78 is 1.33. The van der Waals surface area contributed by atoms with Crippen LogP contribution in [0.2, 0.25) is 0 Å². The molecule has 0 amide bonds. The first-order chi connectivity index (χ1) is 2.89. The van der Waals surface area contributed by atoms with Gasteiger partial charge in [-0.3, -0.25) is 0 Å². The molecule has 0 bridgehead atoms. The molecule has 5 heteroatoms. The van der Waals surface area contributed by atoms with E-state index in [0.29, 0.717) is 0 Å². The average Bonchev–Trinajstić information content (AvgIpc) is 1.86. The van der Waals surface area contributed by atoms with Crippen LogP contribution in [0.25, 0.3) is 0 Å². The summed E-state index contributed by atoms with van der Waals surface area (Å²) >= 11 is 3.78. The average molecular weight is 209 g/mol.